The number of nitrogens with one attached hydrogen (secondary N) is 1. The van der Waals surface area contributed by atoms with Crippen molar-refractivity contribution in [3.63, 3.8) is 0 Å². The number of benzene rings is 2. The van der Waals surface area contributed by atoms with E-state index >= 15 is 0 Å². The third-order valence-electron chi connectivity index (χ3n) is 7.34. The molecule has 5 rings (SSSR count). The minimum atomic E-state index is -4.37. The summed E-state index contributed by atoms with van der Waals surface area (Å²) in [5.41, 5.74) is 4.11. The summed E-state index contributed by atoms with van der Waals surface area (Å²) in [7, 11) is -2.97. The lowest BCUT2D eigenvalue weighted by atomic mass is 9.96. The van der Waals surface area contributed by atoms with E-state index in [1.54, 1.807) is 24.3 Å². The topological polar surface area (TPSA) is 202 Å². The molecule has 4 aromatic rings. The van der Waals surface area contributed by atoms with Crippen LogP contribution >= 0.6 is 7.75 Å². The number of nitrogens with two attached hydrogens (primary N) is 1. The zero-order valence-corrected chi connectivity index (χ0v) is 27.3. The number of rotatable bonds is 11. The number of nitrogen functional groups attached to an aromatic ring is 1. The lowest BCUT2D eigenvalue weighted by Gasteiger charge is -2.27. The molecule has 0 saturated carbocycles. The quantitative estimate of drug-likeness (QED) is 0.135. The summed E-state index contributed by atoms with van der Waals surface area (Å²) in [6.07, 6.45) is -2.63. The van der Waals surface area contributed by atoms with Gasteiger partial charge in [-0.1, -0.05) is 57.2 Å². The smallest absolute Gasteiger partial charge is 0.459 e. The molecule has 46 heavy (non-hydrogen) atoms. The van der Waals surface area contributed by atoms with Crippen LogP contribution in [-0.4, -0.2) is 79.9 Å². The van der Waals surface area contributed by atoms with Gasteiger partial charge in [0.25, 0.3) is 0 Å². The molecule has 0 amide bonds. The highest BCUT2D eigenvalue weighted by Crippen LogP contribution is 2.48. The molecule has 0 bridgehead atoms. The van der Waals surface area contributed by atoms with Gasteiger partial charge >= 0.3 is 13.7 Å². The molecule has 2 unspecified atom stereocenters. The summed E-state index contributed by atoms with van der Waals surface area (Å²) < 4.78 is 44.2. The van der Waals surface area contributed by atoms with Crippen molar-refractivity contribution in [2.24, 2.45) is 5.41 Å². The van der Waals surface area contributed by atoms with E-state index in [2.05, 4.69) is 20.0 Å². The van der Waals surface area contributed by atoms with Crippen LogP contribution in [0.4, 0.5) is 5.95 Å². The van der Waals surface area contributed by atoms with Crippen molar-refractivity contribution in [2.75, 3.05) is 26.1 Å². The molecular formula is C30H39N6O9P. The van der Waals surface area contributed by atoms with Crippen molar-refractivity contribution in [2.45, 2.75) is 64.7 Å². The van der Waals surface area contributed by atoms with E-state index in [0.717, 1.165) is 5.39 Å². The molecule has 6 atom stereocenters. The predicted molar refractivity (Wildman–Crippen MR) is 168 cm³/mol. The van der Waals surface area contributed by atoms with E-state index < -0.39 is 50.4 Å². The van der Waals surface area contributed by atoms with Crippen LogP contribution in [0.25, 0.3) is 21.9 Å². The highest BCUT2D eigenvalue weighted by Gasteiger charge is 2.54. The number of aliphatic hydroxyl groups is 2. The van der Waals surface area contributed by atoms with Crippen LogP contribution in [0.5, 0.6) is 11.6 Å². The lowest BCUT2D eigenvalue weighted by molar-refractivity contribution is -0.148. The second-order valence-electron chi connectivity index (χ2n) is 12.5. The number of ether oxygens (including phenoxy) is 3. The number of anilines is 1. The molecule has 2 aromatic heterocycles. The first-order valence-corrected chi connectivity index (χ1v) is 16.1. The van der Waals surface area contributed by atoms with Gasteiger partial charge in [0.05, 0.1) is 26.7 Å². The van der Waals surface area contributed by atoms with Gasteiger partial charge in [0.15, 0.2) is 17.4 Å². The molecule has 1 aliphatic rings. The number of fused-ring (bicyclic) bond motifs is 2. The van der Waals surface area contributed by atoms with Crippen LogP contribution in [0.1, 0.15) is 40.8 Å². The fraction of sp³-hybridized carbons (Fsp3) is 0.467. The predicted octanol–water partition coefficient (Wildman–Crippen LogP) is 3.35. The first-order chi connectivity index (χ1) is 21.6. The molecule has 2 aromatic carbocycles. The second kappa shape index (κ2) is 12.7. The van der Waals surface area contributed by atoms with Gasteiger partial charge in [0, 0.05) is 5.39 Å². The van der Waals surface area contributed by atoms with E-state index in [1.165, 1.54) is 31.9 Å². The highest BCUT2D eigenvalue weighted by molar-refractivity contribution is 7.52. The van der Waals surface area contributed by atoms with Crippen molar-refractivity contribution in [3.8, 4) is 11.6 Å². The van der Waals surface area contributed by atoms with Gasteiger partial charge in [-0.25, -0.2) is 9.55 Å². The van der Waals surface area contributed by atoms with Crippen molar-refractivity contribution < 1.29 is 42.8 Å². The normalized spacial score (nSPS) is 23.7. The Morgan fingerprint density at radius 3 is 2.65 bits per heavy atom. The molecule has 16 heteroatoms. The number of esters is 1. The van der Waals surface area contributed by atoms with E-state index in [0.29, 0.717) is 5.39 Å². The molecule has 0 spiro atoms. The van der Waals surface area contributed by atoms with Crippen LogP contribution in [0, 0.1) is 5.41 Å². The maximum atomic E-state index is 14.3. The number of carbonyl (C=O) groups excluding carboxylic acids is 1. The van der Waals surface area contributed by atoms with Gasteiger partial charge in [0.1, 0.15) is 29.6 Å². The van der Waals surface area contributed by atoms with Crippen molar-refractivity contribution >= 4 is 41.6 Å². The maximum Gasteiger partial charge on any atom is 0.459 e. The molecular weight excluding hydrogens is 619 g/mol. The SMILES string of the molecule is COc1nc(N)nc2c1ncn2C1O[C@H](COP(=O)(N[C@H](C)C(=O)OCC(C)(C)C)Oc2cccc3ccccc23)[C@@H](O)[C@@]1(C)O. The van der Waals surface area contributed by atoms with Crippen LogP contribution < -0.4 is 20.1 Å². The molecule has 0 radical (unpaired) electrons. The molecule has 1 saturated heterocycles. The van der Waals surface area contributed by atoms with E-state index in [4.69, 9.17) is 29.0 Å². The number of carbonyl (C=O) groups is 1. The summed E-state index contributed by atoms with van der Waals surface area (Å²) in [5, 5.41) is 26.7. The maximum absolute atomic E-state index is 14.3. The fourth-order valence-corrected chi connectivity index (χ4v) is 6.49. The average molecular weight is 659 g/mol. The number of methoxy groups -OCH3 is 1. The van der Waals surface area contributed by atoms with Crippen molar-refractivity contribution in [1.29, 1.82) is 0 Å². The monoisotopic (exact) mass is 658 g/mol. The Hall–Kier alpha value is -3.85. The Morgan fingerprint density at radius 1 is 1.22 bits per heavy atom. The van der Waals surface area contributed by atoms with Crippen LogP contribution in [0.3, 0.4) is 0 Å². The number of hydrogen-bond acceptors (Lipinski definition) is 13. The summed E-state index contributed by atoms with van der Waals surface area (Å²) >= 11 is 0. The van der Waals surface area contributed by atoms with Crippen LogP contribution in [0.15, 0.2) is 48.8 Å². The van der Waals surface area contributed by atoms with E-state index in [9.17, 15) is 19.6 Å². The van der Waals surface area contributed by atoms with Crippen molar-refractivity contribution in [1.82, 2.24) is 24.6 Å². The van der Waals surface area contributed by atoms with Crippen molar-refractivity contribution in [3.05, 3.63) is 48.8 Å². The largest absolute Gasteiger partial charge is 0.479 e. The summed E-state index contributed by atoms with van der Waals surface area (Å²) in [5.74, 6) is -0.411. The molecule has 0 aliphatic carbocycles. The Labute approximate surface area is 265 Å². The minimum absolute atomic E-state index is 0.100. The van der Waals surface area contributed by atoms with Crippen LogP contribution in [0.2, 0.25) is 0 Å². The number of aromatic nitrogens is 4. The summed E-state index contributed by atoms with van der Waals surface area (Å²) in [4.78, 5) is 25.3. The first-order valence-electron chi connectivity index (χ1n) is 14.6. The molecule has 3 heterocycles. The van der Waals surface area contributed by atoms with Gasteiger partial charge in [-0.2, -0.15) is 15.1 Å². The molecule has 5 N–H and O–H groups in total. The summed E-state index contributed by atoms with van der Waals surface area (Å²) in [6, 6.07) is 11.4. The van der Waals surface area contributed by atoms with E-state index in [1.807, 2.05) is 39.0 Å². The Bertz CT molecular complexity index is 1770. The Balaban J connectivity index is 1.40. The molecule has 248 valence electrons. The molecule has 1 aliphatic heterocycles. The Kier molecular flexibility index (Phi) is 9.28. The standard InChI is InChI=1S/C30H39N6O9P/c1-17(26(38)42-15-29(2,3)4)35-46(40,45-20-13-9-11-18-10-7-8-12-19(18)20)43-14-21-23(37)30(5,39)27(44-21)36-16-32-22-24(36)33-28(31)34-25(22)41-6/h7-13,16-17,21,23,27,37,39H,14-15H2,1-6H3,(H,35,40)(H2,31,33,34)/t17-,21-,23-,27?,30-,46?/m1/s1. The zero-order chi connectivity index (χ0) is 33.4. The summed E-state index contributed by atoms with van der Waals surface area (Å²) in [6.45, 7) is 8.20. The van der Waals surface area contributed by atoms with Crippen LogP contribution in [-0.2, 0) is 23.4 Å². The third-order valence-corrected chi connectivity index (χ3v) is 8.97. The lowest BCUT2D eigenvalue weighted by Crippen LogP contribution is -2.44. The number of nitrogens with zero attached hydrogens (tertiary/aromatic N) is 4. The van der Waals surface area contributed by atoms with Gasteiger partial charge < -0.3 is 34.7 Å². The third kappa shape index (κ3) is 6.94. The minimum Gasteiger partial charge on any atom is -0.479 e. The van der Waals surface area contributed by atoms with Gasteiger partial charge in [0.2, 0.25) is 11.8 Å². The Morgan fingerprint density at radius 2 is 1.93 bits per heavy atom. The fourth-order valence-electron chi connectivity index (χ4n) is 4.97. The van der Waals surface area contributed by atoms with Gasteiger partial charge in [-0.3, -0.25) is 13.9 Å². The second-order valence-corrected chi connectivity index (χ2v) is 14.2. The highest BCUT2D eigenvalue weighted by atomic mass is 31.2. The van der Waals surface area contributed by atoms with E-state index in [-0.39, 0.29) is 40.8 Å². The number of hydrogen-bond donors (Lipinski definition) is 4. The molecule has 15 nitrogen and oxygen atoms in total. The molecule has 1 fully saturated rings. The number of aliphatic hydroxyl groups excluding tert-OH is 1. The average Bonchev–Trinajstić information content (AvgIpc) is 3.51. The zero-order valence-electron chi connectivity index (χ0n) is 26.4. The van der Waals surface area contributed by atoms with Gasteiger partial charge in [-0.15, -0.1) is 0 Å². The van der Waals surface area contributed by atoms with Gasteiger partial charge in [-0.05, 0) is 30.7 Å². The first kappa shape index (κ1) is 33.5. The number of imidazole rings is 1.